The Labute approximate surface area is 181 Å². The molecular formula is C19H15F7N6O. The van der Waals surface area contributed by atoms with Crippen LogP contribution in [-0.2, 0) is 25.9 Å². The molecule has 1 N–H and O–H groups in total. The van der Waals surface area contributed by atoms with Gasteiger partial charge in [0.05, 0.1) is 23.6 Å². The number of carbonyl (C=O) groups is 1. The van der Waals surface area contributed by atoms with Gasteiger partial charge in [0, 0.05) is 25.2 Å². The van der Waals surface area contributed by atoms with Gasteiger partial charge in [0.15, 0.2) is 11.5 Å². The molecular weight excluding hydrogens is 461 g/mol. The van der Waals surface area contributed by atoms with Crippen LogP contribution in [0.25, 0.3) is 11.3 Å². The summed E-state index contributed by atoms with van der Waals surface area (Å²) in [5, 5.41) is 10.0. The minimum absolute atomic E-state index is 0.0866. The summed E-state index contributed by atoms with van der Waals surface area (Å²) in [6.45, 7) is 0.366. The molecule has 0 fully saturated rings. The summed E-state index contributed by atoms with van der Waals surface area (Å²) in [5.41, 5.74) is -2.95. The Hall–Kier alpha value is -3.45. The second-order valence-corrected chi connectivity index (χ2v) is 7.43. The predicted octanol–water partition coefficient (Wildman–Crippen LogP) is 4.12. The van der Waals surface area contributed by atoms with Crippen molar-refractivity contribution in [1.82, 2.24) is 29.9 Å². The smallest absolute Gasteiger partial charge is 0.342 e. The van der Waals surface area contributed by atoms with Crippen molar-refractivity contribution >= 4 is 5.91 Å². The minimum atomic E-state index is -4.78. The number of aryl methyl sites for hydroxylation is 2. The number of carbonyl (C=O) groups excluding carboxylic acids is 1. The molecule has 4 rings (SSSR count). The van der Waals surface area contributed by atoms with Crippen molar-refractivity contribution in [2.75, 3.05) is 0 Å². The highest BCUT2D eigenvalue weighted by atomic mass is 19.4. The number of fused-ring (bicyclic) bond motifs is 1. The van der Waals surface area contributed by atoms with Crippen molar-refractivity contribution in [2.24, 2.45) is 7.05 Å². The van der Waals surface area contributed by atoms with Gasteiger partial charge in [0.25, 0.3) is 5.91 Å². The van der Waals surface area contributed by atoms with Gasteiger partial charge in [-0.25, -0.2) is 9.37 Å². The molecule has 0 aromatic carbocycles. The van der Waals surface area contributed by atoms with Crippen LogP contribution in [0, 0.1) is 5.82 Å². The van der Waals surface area contributed by atoms with E-state index in [2.05, 4.69) is 20.5 Å². The van der Waals surface area contributed by atoms with Gasteiger partial charge in [-0.1, -0.05) is 0 Å². The van der Waals surface area contributed by atoms with E-state index < -0.39 is 47.1 Å². The lowest BCUT2D eigenvalue weighted by atomic mass is 10.0. The molecule has 0 aliphatic carbocycles. The van der Waals surface area contributed by atoms with Crippen LogP contribution in [0.2, 0.25) is 0 Å². The van der Waals surface area contributed by atoms with E-state index in [4.69, 9.17) is 0 Å². The van der Waals surface area contributed by atoms with Crippen LogP contribution >= 0.6 is 0 Å². The molecule has 1 aliphatic rings. The second-order valence-electron chi connectivity index (χ2n) is 7.43. The predicted molar refractivity (Wildman–Crippen MR) is 98.1 cm³/mol. The highest BCUT2D eigenvalue weighted by Crippen LogP contribution is 2.34. The maximum atomic E-state index is 14.2. The van der Waals surface area contributed by atoms with E-state index in [1.165, 1.54) is 17.8 Å². The lowest BCUT2D eigenvalue weighted by Crippen LogP contribution is -2.33. The van der Waals surface area contributed by atoms with Crippen LogP contribution in [0.3, 0.4) is 0 Å². The standard InChI is InChI=1S/C19H15F7N6O/c1-31-14(7-16(30-31)19(24,25)26)17(33)28-11-3-2-4-32-13(11)6-12(29-32)9-5-15(18(21,22)23)27-8-10(9)20/h5-8,11H,2-4H2,1H3,(H,28,33). The van der Waals surface area contributed by atoms with Crippen molar-refractivity contribution in [2.45, 2.75) is 37.8 Å². The third-order valence-corrected chi connectivity index (χ3v) is 5.16. The van der Waals surface area contributed by atoms with Gasteiger partial charge in [-0.15, -0.1) is 0 Å². The lowest BCUT2D eigenvalue weighted by Gasteiger charge is -2.24. The molecule has 1 amide bonds. The molecule has 0 radical (unpaired) electrons. The maximum Gasteiger partial charge on any atom is 0.435 e. The van der Waals surface area contributed by atoms with Crippen LogP contribution < -0.4 is 5.32 Å². The van der Waals surface area contributed by atoms with Gasteiger partial charge >= 0.3 is 12.4 Å². The van der Waals surface area contributed by atoms with Crippen LogP contribution in [0.15, 0.2) is 24.4 Å². The Bertz CT molecular complexity index is 1210. The molecule has 4 heterocycles. The van der Waals surface area contributed by atoms with Crippen LogP contribution in [0.5, 0.6) is 0 Å². The molecule has 1 atom stereocenters. The van der Waals surface area contributed by atoms with Crippen LogP contribution in [-0.4, -0.2) is 30.5 Å². The number of hydrogen-bond donors (Lipinski definition) is 1. The van der Waals surface area contributed by atoms with E-state index in [-0.39, 0.29) is 11.4 Å². The molecule has 3 aromatic heterocycles. The number of nitrogens with zero attached hydrogens (tertiary/aromatic N) is 5. The summed E-state index contributed by atoms with van der Waals surface area (Å²) in [7, 11) is 1.19. The summed E-state index contributed by atoms with van der Waals surface area (Å²) in [4.78, 5) is 15.7. The highest BCUT2D eigenvalue weighted by Gasteiger charge is 2.36. The van der Waals surface area contributed by atoms with Crippen molar-refractivity contribution in [3.63, 3.8) is 0 Å². The molecule has 7 nitrogen and oxygen atoms in total. The first-order valence-corrected chi connectivity index (χ1v) is 9.57. The number of rotatable bonds is 3. The van der Waals surface area contributed by atoms with E-state index >= 15 is 0 Å². The minimum Gasteiger partial charge on any atom is -0.342 e. The second kappa shape index (κ2) is 7.85. The Kier molecular flexibility index (Phi) is 5.41. The molecule has 1 unspecified atom stereocenters. The normalized spacial score (nSPS) is 16.5. The van der Waals surface area contributed by atoms with Crippen LogP contribution in [0.1, 0.15) is 46.5 Å². The SMILES string of the molecule is Cn1nc(C(F)(F)F)cc1C(=O)NC1CCCn2nc(-c3cc(C(F)(F)F)ncc3F)cc21. The molecule has 3 aromatic rings. The monoisotopic (exact) mass is 476 g/mol. The number of hydrogen-bond acceptors (Lipinski definition) is 4. The number of pyridine rings is 1. The average Bonchev–Trinajstić information content (AvgIpc) is 3.31. The molecule has 0 spiro atoms. The molecule has 0 saturated heterocycles. The summed E-state index contributed by atoms with van der Waals surface area (Å²) in [6.07, 6.45) is -8.13. The molecule has 33 heavy (non-hydrogen) atoms. The van der Waals surface area contributed by atoms with E-state index in [1.807, 2.05) is 0 Å². The molecule has 14 heteroatoms. The molecule has 0 bridgehead atoms. The fourth-order valence-electron chi connectivity index (χ4n) is 3.60. The maximum absolute atomic E-state index is 14.2. The first-order chi connectivity index (χ1) is 15.3. The topological polar surface area (TPSA) is 77.6 Å². The summed E-state index contributed by atoms with van der Waals surface area (Å²) < 4.78 is 94.0. The van der Waals surface area contributed by atoms with Gasteiger partial charge in [-0.2, -0.15) is 36.5 Å². The van der Waals surface area contributed by atoms with Gasteiger partial charge < -0.3 is 5.32 Å². The third-order valence-electron chi connectivity index (χ3n) is 5.16. The Balaban J connectivity index is 1.63. The quantitative estimate of drug-likeness (QED) is 0.577. The molecule has 0 saturated carbocycles. The third kappa shape index (κ3) is 4.41. The van der Waals surface area contributed by atoms with Crippen molar-refractivity contribution in [3.05, 3.63) is 53.0 Å². The van der Waals surface area contributed by atoms with Gasteiger partial charge in [0.1, 0.15) is 11.4 Å². The van der Waals surface area contributed by atoms with Crippen molar-refractivity contribution < 1.29 is 35.5 Å². The zero-order chi connectivity index (χ0) is 24.1. The Morgan fingerprint density at radius 1 is 1.06 bits per heavy atom. The number of aromatic nitrogens is 5. The summed E-state index contributed by atoms with van der Waals surface area (Å²) in [6, 6.07) is 1.80. The largest absolute Gasteiger partial charge is 0.435 e. The number of alkyl halides is 6. The molecule has 176 valence electrons. The van der Waals surface area contributed by atoms with E-state index in [0.717, 1.165) is 4.68 Å². The first kappa shape index (κ1) is 22.7. The van der Waals surface area contributed by atoms with Gasteiger partial charge in [-0.05, 0) is 25.0 Å². The van der Waals surface area contributed by atoms with E-state index in [0.29, 0.717) is 43.4 Å². The number of nitrogens with one attached hydrogen (secondary N) is 1. The van der Waals surface area contributed by atoms with Gasteiger partial charge in [0.2, 0.25) is 0 Å². The number of halogens is 7. The van der Waals surface area contributed by atoms with E-state index in [1.54, 1.807) is 0 Å². The van der Waals surface area contributed by atoms with Gasteiger partial charge in [-0.3, -0.25) is 14.2 Å². The summed E-state index contributed by atoms with van der Waals surface area (Å²) >= 11 is 0. The zero-order valence-electron chi connectivity index (χ0n) is 16.8. The Morgan fingerprint density at radius 2 is 1.76 bits per heavy atom. The fraction of sp³-hybridized carbons (Fsp3) is 0.368. The first-order valence-electron chi connectivity index (χ1n) is 9.57. The lowest BCUT2D eigenvalue weighted by molar-refractivity contribution is -0.142. The van der Waals surface area contributed by atoms with Crippen molar-refractivity contribution in [1.29, 1.82) is 0 Å². The summed E-state index contributed by atoms with van der Waals surface area (Å²) in [5.74, 6) is -1.83. The molecule has 1 aliphatic heterocycles. The van der Waals surface area contributed by atoms with Crippen molar-refractivity contribution in [3.8, 4) is 11.3 Å². The highest BCUT2D eigenvalue weighted by molar-refractivity contribution is 5.93. The Morgan fingerprint density at radius 3 is 2.39 bits per heavy atom. The number of amides is 1. The fourth-order valence-corrected chi connectivity index (χ4v) is 3.60. The zero-order valence-corrected chi connectivity index (χ0v) is 16.8. The average molecular weight is 476 g/mol. The van der Waals surface area contributed by atoms with E-state index in [9.17, 15) is 35.5 Å². The van der Waals surface area contributed by atoms with Crippen LogP contribution in [0.4, 0.5) is 30.7 Å².